The molecular formula is C14H22O2S. The molecule has 0 heterocycles. The highest BCUT2D eigenvalue weighted by Crippen LogP contribution is 2.57. The highest BCUT2D eigenvalue weighted by molar-refractivity contribution is 7.99. The van der Waals surface area contributed by atoms with Crippen molar-refractivity contribution in [1.82, 2.24) is 0 Å². The van der Waals surface area contributed by atoms with E-state index in [2.05, 4.69) is 0 Å². The lowest BCUT2D eigenvalue weighted by Crippen LogP contribution is -2.46. The average Bonchev–Trinajstić information content (AvgIpc) is 2.27. The van der Waals surface area contributed by atoms with E-state index in [9.17, 15) is 9.90 Å². The molecule has 1 atom stereocenters. The van der Waals surface area contributed by atoms with Crippen molar-refractivity contribution in [1.29, 1.82) is 0 Å². The highest BCUT2D eigenvalue weighted by atomic mass is 32.2. The van der Waals surface area contributed by atoms with Crippen LogP contribution in [-0.2, 0) is 4.79 Å². The molecule has 1 unspecified atom stereocenters. The molecule has 0 amide bonds. The molecule has 3 heteroatoms. The second-order valence-corrected chi connectivity index (χ2v) is 7.43. The van der Waals surface area contributed by atoms with Gasteiger partial charge in [-0.3, -0.25) is 4.79 Å². The summed E-state index contributed by atoms with van der Waals surface area (Å²) in [4.78, 5) is 11.2. The van der Waals surface area contributed by atoms with E-state index in [1.807, 2.05) is 6.26 Å². The van der Waals surface area contributed by atoms with Gasteiger partial charge in [-0.25, -0.2) is 0 Å². The molecule has 0 aromatic heterocycles. The van der Waals surface area contributed by atoms with Crippen LogP contribution in [0.15, 0.2) is 0 Å². The van der Waals surface area contributed by atoms with Gasteiger partial charge in [0.1, 0.15) is 5.25 Å². The summed E-state index contributed by atoms with van der Waals surface area (Å²) in [5.74, 6) is 3.82. The number of aliphatic carboxylic acids is 1. The van der Waals surface area contributed by atoms with E-state index in [1.165, 1.54) is 43.9 Å². The Kier molecular flexibility index (Phi) is 3.14. The van der Waals surface area contributed by atoms with Gasteiger partial charge < -0.3 is 5.11 Å². The molecule has 4 aliphatic rings. The van der Waals surface area contributed by atoms with E-state index in [0.29, 0.717) is 0 Å². The van der Waals surface area contributed by atoms with Crippen LogP contribution in [0.5, 0.6) is 0 Å². The molecule has 0 spiro atoms. The van der Waals surface area contributed by atoms with E-state index in [0.717, 1.165) is 36.0 Å². The fourth-order valence-electron chi connectivity index (χ4n) is 4.97. The van der Waals surface area contributed by atoms with Gasteiger partial charge in [-0.2, -0.15) is 11.8 Å². The van der Waals surface area contributed by atoms with Gasteiger partial charge in [0.15, 0.2) is 0 Å². The Morgan fingerprint density at radius 2 is 1.71 bits per heavy atom. The Morgan fingerprint density at radius 1 is 1.18 bits per heavy atom. The summed E-state index contributed by atoms with van der Waals surface area (Å²) in [7, 11) is 0. The van der Waals surface area contributed by atoms with Gasteiger partial charge in [0.2, 0.25) is 0 Å². The first kappa shape index (κ1) is 11.9. The summed E-state index contributed by atoms with van der Waals surface area (Å²) in [5, 5.41) is 9.04. The highest BCUT2D eigenvalue weighted by Gasteiger charge is 2.48. The van der Waals surface area contributed by atoms with Gasteiger partial charge in [0.25, 0.3) is 0 Å². The topological polar surface area (TPSA) is 37.3 Å². The third-order valence-corrected chi connectivity index (χ3v) is 6.43. The summed E-state index contributed by atoms with van der Waals surface area (Å²) in [6.07, 6.45) is 9.94. The normalized spacial score (nSPS) is 44.9. The molecule has 4 aliphatic carbocycles. The molecule has 0 aromatic carbocycles. The van der Waals surface area contributed by atoms with Gasteiger partial charge in [-0.15, -0.1) is 0 Å². The fraction of sp³-hybridized carbons (Fsp3) is 0.929. The largest absolute Gasteiger partial charge is 0.480 e. The van der Waals surface area contributed by atoms with Crippen molar-refractivity contribution < 1.29 is 9.90 Å². The zero-order valence-corrected chi connectivity index (χ0v) is 11.3. The molecule has 0 saturated heterocycles. The van der Waals surface area contributed by atoms with Gasteiger partial charge >= 0.3 is 5.97 Å². The van der Waals surface area contributed by atoms with Gasteiger partial charge in [0.05, 0.1) is 0 Å². The minimum atomic E-state index is -0.605. The SMILES string of the molecule is CSC(CC1C2CC3CC(C2)CC1C3)C(=O)O. The van der Waals surface area contributed by atoms with Crippen molar-refractivity contribution in [3.63, 3.8) is 0 Å². The van der Waals surface area contributed by atoms with E-state index in [-0.39, 0.29) is 5.25 Å². The summed E-state index contributed by atoms with van der Waals surface area (Å²) >= 11 is 1.52. The van der Waals surface area contributed by atoms with Gasteiger partial charge in [-0.05, 0) is 74.4 Å². The average molecular weight is 254 g/mol. The third kappa shape index (κ3) is 2.11. The summed E-state index contributed by atoms with van der Waals surface area (Å²) in [6.45, 7) is 0. The van der Waals surface area contributed by atoms with Crippen LogP contribution in [0.4, 0.5) is 0 Å². The first-order valence-electron chi connectivity index (χ1n) is 6.93. The maximum absolute atomic E-state index is 11.2. The second-order valence-electron chi connectivity index (χ2n) is 6.39. The van der Waals surface area contributed by atoms with Crippen LogP contribution < -0.4 is 0 Å². The number of hydrogen-bond acceptors (Lipinski definition) is 2. The number of rotatable bonds is 4. The molecule has 2 nitrogen and oxygen atoms in total. The van der Waals surface area contributed by atoms with Crippen LogP contribution in [-0.4, -0.2) is 22.6 Å². The van der Waals surface area contributed by atoms with E-state index in [1.54, 1.807) is 0 Å². The van der Waals surface area contributed by atoms with Crippen molar-refractivity contribution in [2.75, 3.05) is 6.26 Å². The molecule has 4 fully saturated rings. The Balaban J connectivity index is 1.69. The van der Waals surface area contributed by atoms with E-state index >= 15 is 0 Å². The predicted octanol–water partition coefficient (Wildman–Crippen LogP) is 3.27. The van der Waals surface area contributed by atoms with Crippen LogP contribution >= 0.6 is 11.8 Å². The van der Waals surface area contributed by atoms with Gasteiger partial charge in [-0.1, -0.05) is 0 Å². The predicted molar refractivity (Wildman–Crippen MR) is 70.1 cm³/mol. The number of carboxylic acids is 1. The van der Waals surface area contributed by atoms with Crippen LogP contribution in [0.1, 0.15) is 38.5 Å². The molecule has 96 valence electrons. The smallest absolute Gasteiger partial charge is 0.316 e. The van der Waals surface area contributed by atoms with Crippen molar-refractivity contribution in [2.24, 2.45) is 29.6 Å². The van der Waals surface area contributed by atoms with Crippen molar-refractivity contribution in [3.05, 3.63) is 0 Å². The molecule has 0 radical (unpaired) electrons. The lowest BCUT2D eigenvalue weighted by atomic mass is 9.51. The monoisotopic (exact) mass is 254 g/mol. The Bertz CT molecular complexity index is 287. The Morgan fingerprint density at radius 3 is 2.12 bits per heavy atom. The molecule has 0 aliphatic heterocycles. The molecule has 4 bridgehead atoms. The molecular weight excluding hydrogens is 232 g/mol. The van der Waals surface area contributed by atoms with Crippen LogP contribution in [0.2, 0.25) is 0 Å². The summed E-state index contributed by atoms with van der Waals surface area (Å²) in [6, 6.07) is 0. The zero-order chi connectivity index (χ0) is 12.0. The van der Waals surface area contributed by atoms with Crippen LogP contribution in [0.3, 0.4) is 0 Å². The van der Waals surface area contributed by atoms with Crippen LogP contribution in [0, 0.1) is 29.6 Å². The van der Waals surface area contributed by atoms with Crippen molar-refractivity contribution >= 4 is 17.7 Å². The van der Waals surface area contributed by atoms with E-state index < -0.39 is 5.97 Å². The lowest BCUT2D eigenvalue weighted by Gasteiger charge is -2.55. The minimum Gasteiger partial charge on any atom is -0.480 e. The maximum Gasteiger partial charge on any atom is 0.316 e. The Labute approximate surface area is 108 Å². The van der Waals surface area contributed by atoms with Crippen LogP contribution in [0.25, 0.3) is 0 Å². The molecule has 4 saturated carbocycles. The number of carboxylic acid groups (broad SMARTS) is 1. The quantitative estimate of drug-likeness (QED) is 0.836. The number of carbonyl (C=O) groups is 1. The molecule has 17 heavy (non-hydrogen) atoms. The van der Waals surface area contributed by atoms with Gasteiger partial charge in [0, 0.05) is 0 Å². The van der Waals surface area contributed by atoms with Crippen molar-refractivity contribution in [2.45, 2.75) is 43.8 Å². The number of hydrogen-bond donors (Lipinski definition) is 1. The lowest BCUT2D eigenvalue weighted by molar-refractivity contribution is -0.137. The Hall–Kier alpha value is -0.180. The van der Waals surface area contributed by atoms with E-state index in [4.69, 9.17) is 0 Å². The first-order valence-corrected chi connectivity index (χ1v) is 8.21. The maximum atomic E-state index is 11.2. The summed E-state index contributed by atoms with van der Waals surface area (Å²) < 4.78 is 0. The first-order chi connectivity index (χ1) is 8.17. The molecule has 0 aromatic rings. The number of thioether (sulfide) groups is 1. The third-order valence-electron chi connectivity index (χ3n) is 5.47. The fourth-order valence-corrected chi connectivity index (χ4v) is 5.58. The zero-order valence-electron chi connectivity index (χ0n) is 10.5. The minimum absolute atomic E-state index is 0.169. The standard InChI is InChI=1S/C14H22O2S/c1-17-13(14(15)16)7-12-10-3-8-2-9(5-10)6-11(12)4-8/h8-13H,2-7H2,1H3,(H,15,16). The second kappa shape index (κ2) is 4.49. The summed E-state index contributed by atoms with van der Waals surface area (Å²) in [5.41, 5.74) is 0. The molecule has 4 rings (SSSR count). The molecule has 1 N–H and O–H groups in total. The van der Waals surface area contributed by atoms with Crippen molar-refractivity contribution in [3.8, 4) is 0 Å².